The van der Waals surface area contributed by atoms with Crippen LogP contribution in [0.25, 0.3) is 0 Å². The molecule has 0 aromatic heterocycles. The standard InChI is InChI=1S/C10H14ClNO2/c1-13-7-14-10-4-2-3-9(11)8(10)5-6-12/h2-4H,5-7,12H2,1H3. The highest BCUT2D eigenvalue weighted by atomic mass is 35.5. The van der Waals surface area contributed by atoms with Gasteiger partial charge in [-0.3, -0.25) is 0 Å². The molecule has 0 aliphatic carbocycles. The van der Waals surface area contributed by atoms with Gasteiger partial charge in [-0.15, -0.1) is 0 Å². The predicted molar refractivity (Wildman–Crippen MR) is 56.7 cm³/mol. The molecule has 78 valence electrons. The molecule has 1 rings (SSSR count). The van der Waals surface area contributed by atoms with Gasteiger partial charge in [-0.25, -0.2) is 0 Å². The Kier molecular flexibility index (Phi) is 4.73. The molecular formula is C10H14ClNO2. The summed E-state index contributed by atoms with van der Waals surface area (Å²) in [5.41, 5.74) is 6.42. The summed E-state index contributed by atoms with van der Waals surface area (Å²) < 4.78 is 10.2. The van der Waals surface area contributed by atoms with Crippen LogP contribution in [0, 0.1) is 0 Å². The predicted octanol–water partition coefficient (Wildman–Crippen LogP) is 1.82. The van der Waals surface area contributed by atoms with Gasteiger partial charge in [-0.05, 0) is 25.1 Å². The average Bonchev–Trinajstić information content (AvgIpc) is 2.19. The van der Waals surface area contributed by atoms with E-state index in [-0.39, 0.29) is 6.79 Å². The van der Waals surface area contributed by atoms with E-state index in [4.69, 9.17) is 26.8 Å². The van der Waals surface area contributed by atoms with Crippen LogP contribution in [0.3, 0.4) is 0 Å². The van der Waals surface area contributed by atoms with Gasteiger partial charge < -0.3 is 15.2 Å². The van der Waals surface area contributed by atoms with E-state index in [9.17, 15) is 0 Å². The first-order chi connectivity index (χ1) is 6.79. The fraction of sp³-hybridized carbons (Fsp3) is 0.400. The molecular weight excluding hydrogens is 202 g/mol. The molecule has 0 saturated carbocycles. The minimum Gasteiger partial charge on any atom is -0.467 e. The normalized spacial score (nSPS) is 10.2. The third kappa shape index (κ3) is 2.87. The van der Waals surface area contributed by atoms with Gasteiger partial charge in [0, 0.05) is 17.7 Å². The number of halogens is 1. The van der Waals surface area contributed by atoms with Gasteiger partial charge in [-0.1, -0.05) is 17.7 Å². The number of ether oxygens (including phenoxy) is 2. The minimum absolute atomic E-state index is 0.220. The third-order valence-corrected chi connectivity index (χ3v) is 2.16. The van der Waals surface area contributed by atoms with Crippen molar-refractivity contribution in [1.82, 2.24) is 0 Å². The molecule has 4 heteroatoms. The Morgan fingerprint density at radius 1 is 1.43 bits per heavy atom. The maximum atomic E-state index is 6.01. The average molecular weight is 216 g/mol. The first kappa shape index (κ1) is 11.3. The smallest absolute Gasteiger partial charge is 0.188 e. The maximum absolute atomic E-state index is 6.01. The Balaban J connectivity index is 2.83. The number of rotatable bonds is 5. The van der Waals surface area contributed by atoms with Gasteiger partial charge >= 0.3 is 0 Å². The summed E-state index contributed by atoms with van der Waals surface area (Å²) in [6.07, 6.45) is 0.707. The highest BCUT2D eigenvalue weighted by Gasteiger charge is 2.06. The van der Waals surface area contributed by atoms with E-state index in [0.29, 0.717) is 18.0 Å². The van der Waals surface area contributed by atoms with Crippen molar-refractivity contribution in [2.75, 3.05) is 20.4 Å². The monoisotopic (exact) mass is 215 g/mol. The molecule has 0 aliphatic heterocycles. The van der Waals surface area contributed by atoms with E-state index in [0.717, 1.165) is 11.3 Å². The first-order valence-electron chi connectivity index (χ1n) is 4.38. The molecule has 1 aromatic carbocycles. The molecule has 0 aliphatic rings. The molecule has 0 unspecified atom stereocenters. The molecule has 0 fully saturated rings. The van der Waals surface area contributed by atoms with E-state index in [1.807, 2.05) is 18.2 Å². The van der Waals surface area contributed by atoms with Crippen molar-refractivity contribution in [3.63, 3.8) is 0 Å². The highest BCUT2D eigenvalue weighted by Crippen LogP contribution is 2.26. The summed E-state index contributed by atoms with van der Waals surface area (Å²) in [5, 5.41) is 0.684. The number of nitrogens with two attached hydrogens (primary N) is 1. The molecule has 2 N–H and O–H groups in total. The number of methoxy groups -OCH3 is 1. The Bertz CT molecular complexity index is 291. The topological polar surface area (TPSA) is 44.5 Å². The van der Waals surface area contributed by atoms with Crippen LogP contribution in [0.5, 0.6) is 5.75 Å². The second-order valence-corrected chi connectivity index (χ2v) is 3.21. The van der Waals surface area contributed by atoms with Gasteiger partial charge in [0.2, 0.25) is 0 Å². The lowest BCUT2D eigenvalue weighted by Crippen LogP contribution is -2.07. The second-order valence-electron chi connectivity index (χ2n) is 2.81. The molecule has 0 heterocycles. The van der Waals surface area contributed by atoms with Crippen LogP contribution >= 0.6 is 11.6 Å². The van der Waals surface area contributed by atoms with Crippen molar-refractivity contribution >= 4 is 11.6 Å². The third-order valence-electron chi connectivity index (χ3n) is 1.80. The molecule has 3 nitrogen and oxygen atoms in total. The van der Waals surface area contributed by atoms with Gasteiger partial charge in [0.05, 0.1) is 0 Å². The van der Waals surface area contributed by atoms with Crippen LogP contribution in [0.1, 0.15) is 5.56 Å². The van der Waals surface area contributed by atoms with Crippen molar-refractivity contribution < 1.29 is 9.47 Å². The summed E-state index contributed by atoms with van der Waals surface area (Å²) in [6.45, 7) is 0.769. The van der Waals surface area contributed by atoms with Crippen molar-refractivity contribution in [2.24, 2.45) is 5.73 Å². The highest BCUT2D eigenvalue weighted by molar-refractivity contribution is 6.31. The second kappa shape index (κ2) is 5.86. The Morgan fingerprint density at radius 2 is 2.21 bits per heavy atom. The SMILES string of the molecule is COCOc1cccc(Cl)c1CCN. The lowest BCUT2D eigenvalue weighted by molar-refractivity contribution is 0.0504. The largest absolute Gasteiger partial charge is 0.467 e. The van der Waals surface area contributed by atoms with Gasteiger partial charge in [0.15, 0.2) is 6.79 Å². The zero-order valence-corrected chi connectivity index (χ0v) is 8.88. The molecule has 0 amide bonds. The quantitative estimate of drug-likeness (QED) is 0.763. The Morgan fingerprint density at radius 3 is 2.86 bits per heavy atom. The minimum atomic E-state index is 0.220. The van der Waals surface area contributed by atoms with Crippen molar-refractivity contribution in [2.45, 2.75) is 6.42 Å². The lowest BCUT2D eigenvalue weighted by Gasteiger charge is -2.11. The summed E-state index contributed by atoms with van der Waals surface area (Å²) >= 11 is 6.01. The van der Waals surface area contributed by atoms with E-state index in [1.54, 1.807) is 7.11 Å². The van der Waals surface area contributed by atoms with Crippen LogP contribution in [0.2, 0.25) is 5.02 Å². The summed E-state index contributed by atoms with van der Waals surface area (Å²) in [5.74, 6) is 0.741. The molecule has 0 bridgehead atoms. The molecule has 0 spiro atoms. The summed E-state index contributed by atoms with van der Waals surface area (Å²) in [4.78, 5) is 0. The Hall–Kier alpha value is -0.770. The lowest BCUT2D eigenvalue weighted by atomic mass is 10.1. The number of hydrogen-bond donors (Lipinski definition) is 1. The Labute approximate surface area is 88.8 Å². The van der Waals surface area contributed by atoms with E-state index < -0.39 is 0 Å². The van der Waals surface area contributed by atoms with Gasteiger partial charge in [0.25, 0.3) is 0 Å². The van der Waals surface area contributed by atoms with Crippen molar-refractivity contribution in [3.8, 4) is 5.75 Å². The van der Waals surface area contributed by atoms with Crippen LogP contribution in [-0.2, 0) is 11.2 Å². The van der Waals surface area contributed by atoms with E-state index >= 15 is 0 Å². The number of hydrogen-bond acceptors (Lipinski definition) is 3. The fourth-order valence-corrected chi connectivity index (χ4v) is 1.44. The molecule has 0 saturated heterocycles. The zero-order chi connectivity index (χ0) is 10.4. The van der Waals surface area contributed by atoms with E-state index in [2.05, 4.69) is 0 Å². The molecule has 0 atom stereocenters. The van der Waals surface area contributed by atoms with Gasteiger partial charge in [-0.2, -0.15) is 0 Å². The fourth-order valence-electron chi connectivity index (χ4n) is 1.18. The number of benzene rings is 1. The first-order valence-corrected chi connectivity index (χ1v) is 4.76. The molecule has 14 heavy (non-hydrogen) atoms. The van der Waals surface area contributed by atoms with Gasteiger partial charge in [0.1, 0.15) is 5.75 Å². The van der Waals surface area contributed by atoms with E-state index in [1.165, 1.54) is 0 Å². The zero-order valence-electron chi connectivity index (χ0n) is 8.13. The van der Waals surface area contributed by atoms with Crippen LogP contribution in [0.15, 0.2) is 18.2 Å². The summed E-state index contributed by atoms with van der Waals surface area (Å²) in [7, 11) is 1.58. The maximum Gasteiger partial charge on any atom is 0.188 e. The summed E-state index contributed by atoms with van der Waals surface area (Å²) in [6, 6.07) is 5.52. The van der Waals surface area contributed by atoms with Crippen molar-refractivity contribution in [3.05, 3.63) is 28.8 Å². The van der Waals surface area contributed by atoms with Crippen LogP contribution in [0.4, 0.5) is 0 Å². The van der Waals surface area contributed by atoms with Crippen LogP contribution in [-0.4, -0.2) is 20.4 Å². The molecule has 0 radical (unpaired) electrons. The van der Waals surface area contributed by atoms with Crippen molar-refractivity contribution in [1.29, 1.82) is 0 Å². The van der Waals surface area contributed by atoms with Crippen LogP contribution < -0.4 is 10.5 Å². The molecule has 1 aromatic rings.